The molecule has 0 bridgehead atoms. The van der Waals surface area contributed by atoms with Crippen LogP contribution in [0.4, 0.5) is 0 Å². The van der Waals surface area contributed by atoms with E-state index in [-0.39, 0.29) is 23.5 Å². The average molecular weight is 250 g/mol. The largest absolute Gasteiger partial charge is 0.504 e. The maximum absolute atomic E-state index is 9.41. The van der Waals surface area contributed by atoms with Gasteiger partial charge in [-0.05, 0) is 24.6 Å². The van der Waals surface area contributed by atoms with Gasteiger partial charge in [-0.1, -0.05) is 12.1 Å². The Kier molecular flexibility index (Phi) is 3.47. The topological polar surface area (TPSA) is 88.6 Å². The molecule has 0 spiro atoms. The molecule has 96 valence electrons. The van der Waals surface area contributed by atoms with Crippen molar-refractivity contribution in [1.29, 1.82) is 0 Å². The van der Waals surface area contributed by atoms with Crippen LogP contribution >= 0.6 is 0 Å². The second kappa shape index (κ2) is 5.05. The van der Waals surface area contributed by atoms with Gasteiger partial charge in [0.25, 0.3) is 5.89 Å². The van der Waals surface area contributed by atoms with Crippen LogP contribution in [0, 0.1) is 0 Å². The van der Waals surface area contributed by atoms with Gasteiger partial charge in [0, 0.05) is 12.7 Å². The minimum absolute atomic E-state index is 0.193. The lowest BCUT2D eigenvalue weighted by atomic mass is 10.2. The number of methoxy groups -OCH3 is 1. The van der Waals surface area contributed by atoms with E-state index in [1.165, 1.54) is 12.1 Å². The Hall–Kier alpha value is -2.08. The highest BCUT2D eigenvalue weighted by atomic mass is 16.5. The molecule has 0 aliphatic heterocycles. The summed E-state index contributed by atoms with van der Waals surface area (Å²) in [5.74, 6) is 0.311. The second-order valence-electron chi connectivity index (χ2n) is 3.79. The zero-order chi connectivity index (χ0) is 13.1. The molecule has 0 amide bonds. The molecule has 2 rings (SSSR count). The van der Waals surface area contributed by atoms with Crippen molar-refractivity contribution in [2.75, 3.05) is 7.11 Å². The van der Waals surface area contributed by atoms with E-state index in [2.05, 4.69) is 10.1 Å². The highest BCUT2D eigenvalue weighted by molar-refractivity contribution is 5.58. The predicted molar refractivity (Wildman–Crippen MR) is 63.1 cm³/mol. The molecule has 1 aromatic carbocycles. The molecule has 0 aliphatic rings. The molecule has 6 heteroatoms. The van der Waals surface area contributed by atoms with Crippen LogP contribution < -0.4 is 0 Å². The molecule has 0 aliphatic carbocycles. The van der Waals surface area contributed by atoms with Gasteiger partial charge in [0.05, 0.1) is 0 Å². The molecule has 6 nitrogen and oxygen atoms in total. The SMILES string of the molecule is CCC(OC)c1noc(-c2ccc(O)c(O)c2)n1. The molecule has 0 radical (unpaired) electrons. The summed E-state index contributed by atoms with van der Waals surface area (Å²) >= 11 is 0. The van der Waals surface area contributed by atoms with Crippen LogP contribution in [0.2, 0.25) is 0 Å². The molecular weight excluding hydrogens is 236 g/mol. The summed E-state index contributed by atoms with van der Waals surface area (Å²) in [4.78, 5) is 4.20. The second-order valence-corrected chi connectivity index (χ2v) is 3.79. The molecule has 1 aromatic heterocycles. The predicted octanol–water partition coefficient (Wildman–Crippen LogP) is 2.25. The van der Waals surface area contributed by atoms with E-state index < -0.39 is 0 Å². The number of phenolic OH excluding ortho intramolecular Hbond substituents is 2. The van der Waals surface area contributed by atoms with Crippen molar-refractivity contribution in [1.82, 2.24) is 10.1 Å². The summed E-state index contributed by atoms with van der Waals surface area (Å²) in [6.45, 7) is 1.95. The molecule has 2 aromatic rings. The van der Waals surface area contributed by atoms with E-state index in [1.807, 2.05) is 6.92 Å². The minimum Gasteiger partial charge on any atom is -0.504 e. The molecule has 0 fully saturated rings. The van der Waals surface area contributed by atoms with Crippen LogP contribution in [0.25, 0.3) is 11.5 Å². The van der Waals surface area contributed by atoms with Crippen LogP contribution in [-0.4, -0.2) is 27.5 Å². The zero-order valence-electron chi connectivity index (χ0n) is 10.1. The first-order valence-electron chi connectivity index (χ1n) is 5.54. The Bertz CT molecular complexity index is 535. The van der Waals surface area contributed by atoms with Gasteiger partial charge in [-0.2, -0.15) is 4.98 Å². The van der Waals surface area contributed by atoms with Crippen LogP contribution in [0.15, 0.2) is 22.7 Å². The van der Waals surface area contributed by atoms with Gasteiger partial charge in [-0.3, -0.25) is 0 Å². The monoisotopic (exact) mass is 250 g/mol. The zero-order valence-corrected chi connectivity index (χ0v) is 10.1. The number of phenols is 2. The number of aromatic nitrogens is 2. The number of benzene rings is 1. The van der Waals surface area contributed by atoms with Crippen molar-refractivity contribution >= 4 is 0 Å². The van der Waals surface area contributed by atoms with Crippen molar-refractivity contribution in [3.8, 4) is 23.0 Å². The number of nitrogens with zero attached hydrogens (tertiary/aromatic N) is 2. The van der Waals surface area contributed by atoms with Gasteiger partial charge in [0.1, 0.15) is 6.10 Å². The van der Waals surface area contributed by atoms with Crippen LogP contribution in [0.3, 0.4) is 0 Å². The molecule has 2 N–H and O–H groups in total. The number of hydrogen-bond donors (Lipinski definition) is 2. The first kappa shape index (κ1) is 12.4. The van der Waals surface area contributed by atoms with E-state index in [1.54, 1.807) is 13.2 Å². The van der Waals surface area contributed by atoms with E-state index in [0.717, 1.165) is 6.42 Å². The third kappa shape index (κ3) is 2.28. The quantitative estimate of drug-likeness (QED) is 0.809. The van der Waals surface area contributed by atoms with Gasteiger partial charge in [-0.15, -0.1) is 0 Å². The molecule has 18 heavy (non-hydrogen) atoms. The normalized spacial score (nSPS) is 12.6. The number of rotatable bonds is 4. The maximum atomic E-state index is 9.41. The van der Waals surface area contributed by atoms with Crippen molar-refractivity contribution in [3.63, 3.8) is 0 Å². The lowest BCUT2D eigenvalue weighted by molar-refractivity contribution is 0.0903. The van der Waals surface area contributed by atoms with Gasteiger partial charge >= 0.3 is 0 Å². The lowest BCUT2D eigenvalue weighted by Crippen LogP contribution is -2.01. The van der Waals surface area contributed by atoms with Crippen LogP contribution in [0.5, 0.6) is 11.5 Å². The Morgan fingerprint density at radius 1 is 1.33 bits per heavy atom. The highest BCUT2D eigenvalue weighted by Crippen LogP contribution is 2.30. The summed E-state index contributed by atoms with van der Waals surface area (Å²) in [6.07, 6.45) is 0.518. The van der Waals surface area contributed by atoms with Gasteiger partial charge in [0.2, 0.25) is 5.82 Å². The van der Waals surface area contributed by atoms with Gasteiger partial charge < -0.3 is 19.5 Å². The summed E-state index contributed by atoms with van der Waals surface area (Å²) < 4.78 is 10.3. The third-order valence-electron chi connectivity index (χ3n) is 2.61. The van der Waals surface area contributed by atoms with E-state index >= 15 is 0 Å². The first-order valence-corrected chi connectivity index (χ1v) is 5.54. The Morgan fingerprint density at radius 2 is 2.11 bits per heavy atom. The van der Waals surface area contributed by atoms with Crippen molar-refractivity contribution < 1.29 is 19.5 Å². The Labute approximate surface area is 104 Å². The lowest BCUT2D eigenvalue weighted by Gasteiger charge is -2.06. The average Bonchev–Trinajstić information content (AvgIpc) is 2.84. The van der Waals surface area contributed by atoms with E-state index in [9.17, 15) is 10.2 Å². The molecular formula is C12H14N2O4. The number of ether oxygens (including phenoxy) is 1. The third-order valence-corrected chi connectivity index (χ3v) is 2.61. The smallest absolute Gasteiger partial charge is 0.258 e. The maximum Gasteiger partial charge on any atom is 0.258 e. The highest BCUT2D eigenvalue weighted by Gasteiger charge is 2.17. The molecule has 1 unspecified atom stereocenters. The van der Waals surface area contributed by atoms with Crippen molar-refractivity contribution in [2.24, 2.45) is 0 Å². The van der Waals surface area contributed by atoms with E-state index in [0.29, 0.717) is 11.4 Å². The fourth-order valence-corrected chi connectivity index (χ4v) is 1.59. The molecule has 1 atom stereocenters. The molecule has 0 saturated carbocycles. The first-order chi connectivity index (χ1) is 8.65. The summed E-state index contributed by atoms with van der Waals surface area (Å²) in [6, 6.07) is 4.31. The van der Waals surface area contributed by atoms with Gasteiger partial charge in [0.15, 0.2) is 11.5 Å². The standard InChI is InChI=1S/C12H14N2O4/c1-3-10(17-2)11-13-12(18-14-11)7-4-5-8(15)9(16)6-7/h4-6,10,15-16H,3H2,1-2H3. The van der Waals surface area contributed by atoms with Crippen LogP contribution in [0.1, 0.15) is 25.3 Å². The fraction of sp³-hybridized carbons (Fsp3) is 0.333. The molecule has 1 heterocycles. The summed E-state index contributed by atoms with van der Waals surface area (Å²) in [7, 11) is 1.58. The molecule has 0 saturated heterocycles. The minimum atomic E-state index is -0.231. The number of hydrogen-bond acceptors (Lipinski definition) is 6. The van der Waals surface area contributed by atoms with Crippen molar-refractivity contribution in [3.05, 3.63) is 24.0 Å². The summed E-state index contributed by atoms with van der Waals surface area (Å²) in [5.41, 5.74) is 0.537. The summed E-state index contributed by atoms with van der Waals surface area (Å²) in [5, 5.41) is 22.5. The Morgan fingerprint density at radius 3 is 2.72 bits per heavy atom. The van der Waals surface area contributed by atoms with E-state index in [4.69, 9.17) is 9.26 Å². The fourth-order valence-electron chi connectivity index (χ4n) is 1.59. The van der Waals surface area contributed by atoms with Crippen LogP contribution in [-0.2, 0) is 4.74 Å². The van der Waals surface area contributed by atoms with Gasteiger partial charge in [-0.25, -0.2) is 0 Å². The number of aromatic hydroxyl groups is 2. The van der Waals surface area contributed by atoms with Crippen molar-refractivity contribution in [2.45, 2.75) is 19.4 Å². The Balaban J connectivity index is 2.31.